The predicted octanol–water partition coefficient (Wildman–Crippen LogP) is 0.549. The number of carbonyl (C=O) groups excluding carboxylic acids is 2. The summed E-state index contributed by atoms with van der Waals surface area (Å²) in [6, 6.07) is 5.69. The number of nitrogens with one attached hydrogen (secondary N) is 1. The number of fused-ring (bicyclic) bond motifs is 1. The first-order chi connectivity index (χ1) is 9.67. The van der Waals surface area contributed by atoms with E-state index in [1.807, 2.05) is 24.4 Å². The lowest BCUT2D eigenvalue weighted by atomic mass is 9.90. The van der Waals surface area contributed by atoms with Crippen molar-refractivity contribution in [1.29, 1.82) is 0 Å². The molecule has 0 spiro atoms. The molecule has 2 aromatic rings. The van der Waals surface area contributed by atoms with Crippen molar-refractivity contribution in [3.63, 3.8) is 0 Å². The summed E-state index contributed by atoms with van der Waals surface area (Å²) >= 11 is 0. The first kappa shape index (κ1) is 12.8. The molecule has 3 rings (SSSR count). The number of hydrogen-bond acceptors (Lipinski definition) is 4. The van der Waals surface area contributed by atoms with E-state index in [-0.39, 0.29) is 24.3 Å². The van der Waals surface area contributed by atoms with Gasteiger partial charge in [-0.2, -0.15) is 5.10 Å². The zero-order valence-electron chi connectivity index (χ0n) is 10.9. The van der Waals surface area contributed by atoms with Crippen molar-refractivity contribution in [1.82, 2.24) is 15.1 Å². The van der Waals surface area contributed by atoms with Crippen LogP contribution in [0.15, 0.2) is 24.4 Å². The van der Waals surface area contributed by atoms with E-state index < -0.39 is 0 Å². The Morgan fingerprint density at radius 2 is 2.25 bits per heavy atom. The highest BCUT2D eigenvalue weighted by Crippen LogP contribution is 2.27. The van der Waals surface area contributed by atoms with E-state index in [4.69, 9.17) is 5.11 Å². The van der Waals surface area contributed by atoms with Crippen LogP contribution in [-0.4, -0.2) is 33.3 Å². The minimum Gasteiger partial charge on any atom is -0.394 e. The smallest absolute Gasteiger partial charge is 0.234 e. The van der Waals surface area contributed by atoms with Crippen LogP contribution in [0.25, 0.3) is 10.9 Å². The second kappa shape index (κ2) is 5.05. The van der Waals surface area contributed by atoms with Gasteiger partial charge in [-0.25, -0.2) is 0 Å². The molecule has 1 unspecified atom stereocenters. The Hall–Kier alpha value is -2.21. The largest absolute Gasteiger partial charge is 0.394 e. The molecular formula is C14H15N3O3. The first-order valence-electron chi connectivity index (χ1n) is 6.59. The Balaban J connectivity index is 1.92. The SMILES string of the molecule is O=C1CCC(c2ccc3cn(CCO)nc3c2)C(=O)N1. The highest BCUT2D eigenvalue weighted by atomic mass is 16.3. The first-order valence-corrected chi connectivity index (χ1v) is 6.59. The number of nitrogens with zero attached hydrogens (tertiary/aromatic N) is 2. The fourth-order valence-electron chi connectivity index (χ4n) is 2.53. The van der Waals surface area contributed by atoms with Crippen molar-refractivity contribution in [3.05, 3.63) is 30.0 Å². The summed E-state index contributed by atoms with van der Waals surface area (Å²) in [7, 11) is 0. The molecule has 2 amide bonds. The number of rotatable bonds is 3. The Morgan fingerprint density at radius 3 is 3.00 bits per heavy atom. The molecule has 104 valence electrons. The molecule has 0 radical (unpaired) electrons. The summed E-state index contributed by atoms with van der Waals surface area (Å²) < 4.78 is 1.68. The molecule has 6 nitrogen and oxygen atoms in total. The lowest BCUT2D eigenvalue weighted by Crippen LogP contribution is -2.39. The van der Waals surface area contributed by atoms with E-state index in [1.54, 1.807) is 4.68 Å². The van der Waals surface area contributed by atoms with Gasteiger partial charge in [-0.05, 0) is 18.1 Å². The normalized spacial score (nSPS) is 19.4. The van der Waals surface area contributed by atoms with Crippen LogP contribution in [0.5, 0.6) is 0 Å². The average Bonchev–Trinajstić information content (AvgIpc) is 2.80. The highest BCUT2D eigenvalue weighted by Gasteiger charge is 2.28. The van der Waals surface area contributed by atoms with Crippen LogP contribution in [-0.2, 0) is 16.1 Å². The molecule has 1 aromatic carbocycles. The second-order valence-electron chi connectivity index (χ2n) is 4.94. The van der Waals surface area contributed by atoms with Gasteiger partial charge in [0, 0.05) is 18.0 Å². The summed E-state index contributed by atoms with van der Waals surface area (Å²) in [5, 5.41) is 16.6. The number of aliphatic hydroxyl groups excluding tert-OH is 1. The van der Waals surface area contributed by atoms with Gasteiger partial charge in [0.2, 0.25) is 11.8 Å². The van der Waals surface area contributed by atoms with E-state index in [1.165, 1.54) is 0 Å². The van der Waals surface area contributed by atoms with Crippen molar-refractivity contribution in [2.45, 2.75) is 25.3 Å². The third-order valence-electron chi connectivity index (χ3n) is 3.55. The summed E-state index contributed by atoms with van der Waals surface area (Å²) in [5.41, 5.74) is 1.66. The van der Waals surface area contributed by atoms with Gasteiger partial charge in [0.05, 0.1) is 24.6 Å². The standard InChI is InChI=1S/C14H15N3O3/c18-6-5-17-8-10-2-1-9(7-12(10)16-17)11-3-4-13(19)15-14(11)20/h1-2,7-8,11,18H,3-6H2,(H,15,19,20). The van der Waals surface area contributed by atoms with Crippen LogP contribution in [0.1, 0.15) is 24.3 Å². The van der Waals surface area contributed by atoms with Gasteiger partial charge in [-0.15, -0.1) is 0 Å². The summed E-state index contributed by atoms with van der Waals surface area (Å²) in [4.78, 5) is 23.0. The Bertz CT molecular complexity index is 677. The fraction of sp³-hybridized carbons (Fsp3) is 0.357. The van der Waals surface area contributed by atoms with Crippen LogP contribution in [0.3, 0.4) is 0 Å². The quantitative estimate of drug-likeness (QED) is 0.800. The van der Waals surface area contributed by atoms with Crippen molar-refractivity contribution >= 4 is 22.7 Å². The highest BCUT2D eigenvalue weighted by molar-refractivity contribution is 6.01. The maximum atomic E-state index is 11.9. The van der Waals surface area contributed by atoms with Crippen LogP contribution in [0.2, 0.25) is 0 Å². The number of benzene rings is 1. The number of carbonyl (C=O) groups is 2. The van der Waals surface area contributed by atoms with E-state index in [0.717, 1.165) is 16.5 Å². The lowest BCUT2D eigenvalue weighted by molar-refractivity contribution is -0.134. The number of imide groups is 1. The van der Waals surface area contributed by atoms with E-state index in [0.29, 0.717) is 19.4 Å². The number of piperidine rings is 1. The average molecular weight is 273 g/mol. The molecule has 20 heavy (non-hydrogen) atoms. The molecule has 2 heterocycles. The predicted molar refractivity (Wildman–Crippen MR) is 71.9 cm³/mol. The van der Waals surface area contributed by atoms with E-state index >= 15 is 0 Å². The van der Waals surface area contributed by atoms with E-state index in [2.05, 4.69) is 10.4 Å². The Labute approximate surface area is 115 Å². The second-order valence-corrected chi connectivity index (χ2v) is 4.94. The molecule has 1 saturated heterocycles. The summed E-state index contributed by atoms with van der Waals surface area (Å²) in [5.74, 6) is -0.741. The van der Waals surface area contributed by atoms with Crippen LogP contribution < -0.4 is 5.32 Å². The fourth-order valence-corrected chi connectivity index (χ4v) is 2.53. The molecule has 2 N–H and O–H groups in total. The van der Waals surface area contributed by atoms with Gasteiger partial charge >= 0.3 is 0 Å². The van der Waals surface area contributed by atoms with Crippen molar-refractivity contribution in [3.8, 4) is 0 Å². The van der Waals surface area contributed by atoms with Crippen molar-refractivity contribution < 1.29 is 14.7 Å². The number of hydrogen-bond donors (Lipinski definition) is 2. The van der Waals surface area contributed by atoms with Gasteiger partial charge < -0.3 is 5.11 Å². The van der Waals surface area contributed by atoms with Crippen LogP contribution >= 0.6 is 0 Å². The molecule has 1 atom stereocenters. The maximum Gasteiger partial charge on any atom is 0.234 e. The Kier molecular flexibility index (Phi) is 3.23. The maximum absolute atomic E-state index is 11.9. The topological polar surface area (TPSA) is 84.2 Å². The van der Waals surface area contributed by atoms with Crippen LogP contribution in [0, 0.1) is 0 Å². The third kappa shape index (κ3) is 2.30. The number of amides is 2. The molecule has 0 bridgehead atoms. The van der Waals surface area contributed by atoms with E-state index in [9.17, 15) is 9.59 Å². The zero-order valence-corrected chi connectivity index (χ0v) is 10.9. The number of aliphatic hydroxyl groups is 1. The molecule has 0 aliphatic carbocycles. The van der Waals surface area contributed by atoms with Crippen molar-refractivity contribution in [2.24, 2.45) is 0 Å². The lowest BCUT2D eigenvalue weighted by Gasteiger charge is -2.20. The van der Waals surface area contributed by atoms with Gasteiger partial charge in [-0.3, -0.25) is 19.6 Å². The molecule has 0 saturated carbocycles. The van der Waals surface area contributed by atoms with Crippen molar-refractivity contribution in [2.75, 3.05) is 6.61 Å². The molecule has 1 aliphatic rings. The van der Waals surface area contributed by atoms with Gasteiger partial charge in [-0.1, -0.05) is 12.1 Å². The minimum absolute atomic E-state index is 0.0357. The monoisotopic (exact) mass is 273 g/mol. The molecule has 6 heteroatoms. The minimum atomic E-state index is -0.292. The summed E-state index contributed by atoms with van der Waals surface area (Å²) in [6.07, 6.45) is 2.76. The molecule has 1 aromatic heterocycles. The van der Waals surface area contributed by atoms with Gasteiger partial charge in [0.15, 0.2) is 0 Å². The zero-order chi connectivity index (χ0) is 14.1. The number of aromatic nitrogens is 2. The molecular weight excluding hydrogens is 258 g/mol. The van der Waals surface area contributed by atoms with Gasteiger partial charge in [0.25, 0.3) is 0 Å². The summed E-state index contributed by atoms with van der Waals surface area (Å²) in [6.45, 7) is 0.483. The molecule has 1 fully saturated rings. The van der Waals surface area contributed by atoms with Gasteiger partial charge in [0.1, 0.15) is 0 Å². The Morgan fingerprint density at radius 1 is 1.40 bits per heavy atom. The van der Waals surface area contributed by atoms with Crippen LogP contribution in [0.4, 0.5) is 0 Å². The third-order valence-corrected chi connectivity index (χ3v) is 3.55. The molecule has 1 aliphatic heterocycles.